The lowest BCUT2D eigenvalue weighted by Gasteiger charge is -2.04. The van der Waals surface area contributed by atoms with Crippen LogP contribution in [0, 0.1) is 5.82 Å². The van der Waals surface area contributed by atoms with Gasteiger partial charge in [0.25, 0.3) is 0 Å². The molecule has 0 aliphatic carbocycles. The molecule has 96 valence electrons. The molecular formula is C9H7ClFN3O2S2. The third-order valence-corrected chi connectivity index (χ3v) is 5.28. The Morgan fingerprint density at radius 3 is 2.67 bits per heavy atom. The van der Waals surface area contributed by atoms with Crippen molar-refractivity contribution < 1.29 is 12.8 Å². The van der Waals surface area contributed by atoms with Crippen LogP contribution in [0.15, 0.2) is 22.5 Å². The van der Waals surface area contributed by atoms with Gasteiger partial charge >= 0.3 is 0 Å². The predicted octanol–water partition coefficient (Wildman–Crippen LogP) is 1.89. The Morgan fingerprint density at radius 2 is 2.11 bits per heavy atom. The number of nitrogens with two attached hydrogens (primary N) is 1. The molecule has 2 rings (SSSR count). The number of halogens is 2. The van der Waals surface area contributed by atoms with Crippen LogP contribution in [-0.4, -0.2) is 18.6 Å². The molecule has 0 fully saturated rings. The average Bonchev–Trinajstić information content (AvgIpc) is 2.71. The van der Waals surface area contributed by atoms with Crippen molar-refractivity contribution in [2.75, 3.05) is 5.73 Å². The molecule has 0 aliphatic heterocycles. The molecule has 0 spiro atoms. The van der Waals surface area contributed by atoms with Gasteiger partial charge in [-0.2, -0.15) is 0 Å². The van der Waals surface area contributed by atoms with Gasteiger partial charge in [-0.25, -0.2) is 12.8 Å². The first-order chi connectivity index (χ1) is 8.40. The van der Waals surface area contributed by atoms with Gasteiger partial charge in [-0.3, -0.25) is 0 Å². The molecule has 0 amide bonds. The van der Waals surface area contributed by atoms with Gasteiger partial charge in [0.15, 0.2) is 0 Å². The Kier molecular flexibility index (Phi) is 3.51. The van der Waals surface area contributed by atoms with Gasteiger partial charge in [-0.05, 0) is 12.1 Å². The zero-order valence-electron chi connectivity index (χ0n) is 8.80. The van der Waals surface area contributed by atoms with Crippen LogP contribution < -0.4 is 5.73 Å². The van der Waals surface area contributed by atoms with Gasteiger partial charge in [-0.1, -0.05) is 29.0 Å². The standard InChI is InChI=1S/C9H7ClFN3O2S2/c10-6-2-1-3-7(11)5(6)4-18(15,16)9-14-13-8(12)17-9/h1-3H,4H2,(H2,12,13). The molecular weight excluding hydrogens is 301 g/mol. The molecule has 0 aliphatic rings. The van der Waals surface area contributed by atoms with E-state index in [0.29, 0.717) is 0 Å². The van der Waals surface area contributed by atoms with Crippen molar-refractivity contribution >= 4 is 37.9 Å². The van der Waals surface area contributed by atoms with Gasteiger partial charge in [0.05, 0.1) is 5.75 Å². The number of nitrogens with zero attached hydrogens (tertiary/aromatic N) is 2. The van der Waals surface area contributed by atoms with Crippen LogP contribution in [0.3, 0.4) is 0 Å². The van der Waals surface area contributed by atoms with Crippen LogP contribution in [-0.2, 0) is 15.6 Å². The summed E-state index contributed by atoms with van der Waals surface area (Å²) in [6.45, 7) is 0. The van der Waals surface area contributed by atoms with Gasteiger partial charge < -0.3 is 5.73 Å². The Labute approximate surface area is 111 Å². The van der Waals surface area contributed by atoms with Crippen molar-refractivity contribution in [1.82, 2.24) is 10.2 Å². The van der Waals surface area contributed by atoms with Crippen molar-refractivity contribution in [3.05, 3.63) is 34.6 Å². The Balaban J connectivity index is 2.40. The van der Waals surface area contributed by atoms with E-state index >= 15 is 0 Å². The first kappa shape index (κ1) is 13.2. The fourth-order valence-electron chi connectivity index (χ4n) is 1.27. The first-order valence-corrected chi connectivity index (χ1v) is 7.49. The van der Waals surface area contributed by atoms with E-state index < -0.39 is 21.4 Å². The van der Waals surface area contributed by atoms with Crippen molar-refractivity contribution in [3.63, 3.8) is 0 Å². The maximum absolute atomic E-state index is 13.5. The van der Waals surface area contributed by atoms with Gasteiger partial charge in [0.2, 0.25) is 19.3 Å². The molecule has 0 atom stereocenters. The highest BCUT2D eigenvalue weighted by Crippen LogP contribution is 2.26. The maximum atomic E-state index is 13.5. The second kappa shape index (κ2) is 4.79. The molecule has 1 aromatic heterocycles. The highest BCUT2D eigenvalue weighted by atomic mass is 35.5. The highest BCUT2D eigenvalue weighted by Gasteiger charge is 2.23. The predicted molar refractivity (Wildman–Crippen MR) is 66.6 cm³/mol. The maximum Gasteiger partial charge on any atom is 0.234 e. The Bertz CT molecular complexity index is 667. The third kappa shape index (κ3) is 2.60. The SMILES string of the molecule is Nc1nnc(S(=O)(=O)Cc2c(F)cccc2Cl)s1. The van der Waals surface area contributed by atoms with Crippen molar-refractivity contribution in [1.29, 1.82) is 0 Å². The van der Waals surface area contributed by atoms with Crippen LogP contribution >= 0.6 is 22.9 Å². The third-order valence-electron chi connectivity index (χ3n) is 2.08. The number of sulfone groups is 1. The first-order valence-electron chi connectivity index (χ1n) is 4.65. The number of anilines is 1. The van der Waals surface area contributed by atoms with Gasteiger partial charge in [0.1, 0.15) is 5.82 Å². The molecule has 18 heavy (non-hydrogen) atoms. The summed E-state index contributed by atoms with van der Waals surface area (Å²) >= 11 is 6.49. The molecule has 0 radical (unpaired) electrons. The minimum Gasteiger partial charge on any atom is -0.374 e. The van der Waals surface area contributed by atoms with Gasteiger partial charge in [-0.15, -0.1) is 10.2 Å². The summed E-state index contributed by atoms with van der Waals surface area (Å²) in [6.07, 6.45) is 0. The Morgan fingerprint density at radius 1 is 1.39 bits per heavy atom. The molecule has 1 heterocycles. The summed E-state index contributed by atoms with van der Waals surface area (Å²) in [6, 6.07) is 3.96. The molecule has 1 aromatic carbocycles. The summed E-state index contributed by atoms with van der Waals surface area (Å²) in [5.74, 6) is -1.25. The van der Waals surface area contributed by atoms with E-state index in [1.807, 2.05) is 0 Å². The summed E-state index contributed by atoms with van der Waals surface area (Å²) in [5.41, 5.74) is 5.22. The van der Waals surface area contributed by atoms with Crippen LogP contribution in [0.4, 0.5) is 9.52 Å². The van der Waals surface area contributed by atoms with Crippen molar-refractivity contribution in [3.8, 4) is 0 Å². The Hall–Kier alpha value is -1.25. The number of benzene rings is 1. The minimum absolute atomic E-state index is 0.0354. The second-order valence-electron chi connectivity index (χ2n) is 3.37. The molecule has 9 heteroatoms. The van der Waals surface area contributed by atoms with E-state index in [1.165, 1.54) is 12.1 Å². The van der Waals surface area contributed by atoms with E-state index in [1.54, 1.807) is 0 Å². The zero-order chi connectivity index (χ0) is 13.3. The quantitative estimate of drug-likeness (QED) is 0.935. The van der Waals surface area contributed by atoms with Crippen molar-refractivity contribution in [2.45, 2.75) is 10.1 Å². The lowest BCUT2D eigenvalue weighted by molar-refractivity contribution is 0.585. The molecule has 0 saturated carbocycles. The van der Waals surface area contributed by atoms with Crippen molar-refractivity contribution in [2.24, 2.45) is 0 Å². The van der Waals surface area contributed by atoms with E-state index in [4.69, 9.17) is 17.3 Å². The fourth-order valence-corrected chi connectivity index (χ4v) is 3.82. The topological polar surface area (TPSA) is 85.9 Å². The van der Waals surface area contributed by atoms with E-state index in [9.17, 15) is 12.8 Å². The molecule has 2 aromatic rings. The number of aromatic nitrogens is 2. The van der Waals surface area contributed by atoms with Crippen LogP contribution in [0.25, 0.3) is 0 Å². The molecule has 5 nitrogen and oxygen atoms in total. The molecule has 0 bridgehead atoms. The van der Waals surface area contributed by atoms with Gasteiger partial charge in [0, 0.05) is 10.6 Å². The lowest BCUT2D eigenvalue weighted by atomic mass is 10.2. The highest BCUT2D eigenvalue weighted by molar-refractivity contribution is 7.92. The minimum atomic E-state index is -3.80. The van der Waals surface area contributed by atoms with Crippen LogP contribution in [0.2, 0.25) is 5.02 Å². The molecule has 2 N–H and O–H groups in total. The summed E-state index contributed by atoms with van der Waals surface area (Å²) in [5, 5.41) is 6.93. The lowest BCUT2D eigenvalue weighted by Crippen LogP contribution is -2.07. The average molecular weight is 308 g/mol. The van der Waals surface area contributed by atoms with E-state index in [0.717, 1.165) is 17.4 Å². The van der Waals surface area contributed by atoms with E-state index in [-0.39, 0.29) is 20.1 Å². The van der Waals surface area contributed by atoms with Crippen LogP contribution in [0.5, 0.6) is 0 Å². The second-order valence-corrected chi connectivity index (χ2v) is 6.95. The van der Waals surface area contributed by atoms with E-state index in [2.05, 4.69) is 10.2 Å². The molecule has 0 unspecified atom stereocenters. The summed E-state index contributed by atoms with van der Waals surface area (Å²) in [7, 11) is -3.80. The summed E-state index contributed by atoms with van der Waals surface area (Å²) < 4.78 is 37.1. The number of nitrogen functional groups attached to an aromatic ring is 1. The number of hydrogen-bond donors (Lipinski definition) is 1. The number of hydrogen-bond acceptors (Lipinski definition) is 6. The zero-order valence-corrected chi connectivity index (χ0v) is 11.2. The summed E-state index contributed by atoms with van der Waals surface area (Å²) in [4.78, 5) is 0. The monoisotopic (exact) mass is 307 g/mol. The normalized spacial score (nSPS) is 11.7. The molecule has 0 saturated heterocycles. The number of rotatable bonds is 3. The largest absolute Gasteiger partial charge is 0.374 e. The fraction of sp³-hybridized carbons (Fsp3) is 0.111. The smallest absolute Gasteiger partial charge is 0.234 e. The van der Waals surface area contributed by atoms with Crippen LogP contribution in [0.1, 0.15) is 5.56 Å².